The smallest absolute Gasteiger partial charge is 0.0858 e. The van der Waals surface area contributed by atoms with E-state index in [2.05, 4.69) is 12.0 Å². The summed E-state index contributed by atoms with van der Waals surface area (Å²) in [6, 6.07) is 0. The Labute approximate surface area is 105 Å². The monoisotopic (exact) mass is 266 g/mol. The lowest BCUT2D eigenvalue weighted by molar-refractivity contribution is 0.720. The lowest BCUT2D eigenvalue weighted by Crippen LogP contribution is -1.97. The van der Waals surface area contributed by atoms with Gasteiger partial charge in [-0.3, -0.25) is 4.68 Å². The highest BCUT2D eigenvalue weighted by molar-refractivity contribution is 7.98. The van der Waals surface area contributed by atoms with Crippen molar-refractivity contribution in [1.29, 1.82) is 0 Å². The molecule has 0 aliphatic heterocycles. The predicted molar refractivity (Wildman–Crippen MR) is 69.1 cm³/mol. The summed E-state index contributed by atoms with van der Waals surface area (Å²) in [7, 11) is 1.95. The van der Waals surface area contributed by atoms with E-state index in [-0.39, 0.29) is 0 Å². The fourth-order valence-electron chi connectivity index (χ4n) is 1.30. The van der Waals surface area contributed by atoms with Gasteiger partial charge in [-0.1, -0.05) is 18.5 Å². The highest BCUT2D eigenvalue weighted by Crippen LogP contribution is 2.24. The molecule has 1 rings (SSSR count). The van der Waals surface area contributed by atoms with Crippen molar-refractivity contribution in [2.75, 3.05) is 11.6 Å². The molecular formula is C10H16Cl2N2S. The summed E-state index contributed by atoms with van der Waals surface area (Å²) in [6.07, 6.45) is 1.93. The molecule has 0 aromatic carbocycles. The number of nitrogens with zero attached hydrogens (tertiary/aromatic N) is 2. The molecule has 0 amide bonds. The molecule has 86 valence electrons. The zero-order valence-corrected chi connectivity index (χ0v) is 11.4. The van der Waals surface area contributed by atoms with Crippen LogP contribution in [0.15, 0.2) is 0 Å². The Kier molecular flexibility index (Phi) is 5.87. The van der Waals surface area contributed by atoms with Crippen molar-refractivity contribution in [2.24, 2.45) is 7.05 Å². The lowest BCUT2D eigenvalue weighted by Gasteiger charge is -2.01. The topological polar surface area (TPSA) is 17.8 Å². The summed E-state index contributed by atoms with van der Waals surface area (Å²) in [4.78, 5) is 0. The zero-order chi connectivity index (χ0) is 11.3. The Morgan fingerprint density at radius 3 is 2.73 bits per heavy atom. The molecule has 2 nitrogen and oxygen atoms in total. The van der Waals surface area contributed by atoms with Crippen LogP contribution in [0, 0.1) is 0 Å². The highest BCUT2D eigenvalue weighted by atomic mass is 35.5. The van der Waals surface area contributed by atoms with Crippen LogP contribution in [-0.2, 0) is 19.2 Å². The van der Waals surface area contributed by atoms with Gasteiger partial charge in [-0.05, 0) is 18.6 Å². The minimum Gasteiger partial charge on any atom is -0.270 e. The summed E-state index contributed by atoms with van der Waals surface area (Å²) < 4.78 is 1.88. The van der Waals surface area contributed by atoms with Gasteiger partial charge in [-0.15, -0.1) is 11.6 Å². The van der Waals surface area contributed by atoms with E-state index in [1.54, 1.807) is 0 Å². The first-order valence-corrected chi connectivity index (χ1v) is 7.11. The van der Waals surface area contributed by atoms with Gasteiger partial charge in [0, 0.05) is 18.7 Å². The third-order valence-corrected chi connectivity index (χ3v) is 3.92. The highest BCUT2D eigenvalue weighted by Gasteiger charge is 2.12. The molecule has 0 aliphatic rings. The van der Waals surface area contributed by atoms with Gasteiger partial charge in [-0.2, -0.15) is 16.9 Å². The average Bonchev–Trinajstić information content (AvgIpc) is 2.50. The molecule has 0 fully saturated rings. The number of aromatic nitrogens is 2. The molecule has 1 aromatic heterocycles. The summed E-state index contributed by atoms with van der Waals surface area (Å²) in [5.74, 6) is 2.72. The van der Waals surface area contributed by atoms with E-state index in [1.165, 1.54) is 0 Å². The van der Waals surface area contributed by atoms with Crippen LogP contribution in [-0.4, -0.2) is 21.4 Å². The summed E-state index contributed by atoms with van der Waals surface area (Å²) in [5.41, 5.74) is 2.11. The second-order valence-electron chi connectivity index (χ2n) is 3.28. The third kappa shape index (κ3) is 3.58. The Morgan fingerprint density at radius 1 is 1.47 bits per heavy atom. The van der Waals surface area contributed by atoms with Crippen LogP contribution in [0.25, 0.3) is 0 Å². The minimum absolute atomic E-state index is 0.729. The average molecular weight is 267 g/mol. The Balaban J connectivity index is 2.56. The molecule has 0 saturated carbocycles. The number of alkyl halides is 1. The van der Waals surface area contributed by atoms with Crippen molar-refractivity contribution in [3.8, 4) is 0 Å². The molecule has 0 spiro atoms. The number of rotatable bonds is 6. The lowest BCUT2D eigenvalue weighted by atomic mass is 10.3. The van der Waals surface area contributed by atoms with E-state index in [9.17, 15) is 0 Å². The maximum atomic E-state index is 6.22. The van der Waals surface area contributed by atoms with E-state index >= 15 is 0 Å². The second kappa shape index (κ2) is 6.66. The normalized spacial score (nSPS) is 10.9. The summed E-state index contributed by atoms with van der Waals surface area (Å²) >= 11 is 13.7. The standard InChI is InChI=1S/C10H16Cl2N2S/c1-3-8-10(12)9(14(2)13-8)7-15-6-4-5-11/h3-7H2,1-2H3. The number of halogens is 2. The van der Waals surface area contributed by atoms with Crippen molar-refractivity contribution >= 4 is 35.0 Å². The molecule has 0 radical (unpaired) electrons. The van der Waals surface area contributed by atoms with Crippen molar-refractivity contribution in [1.82, 2.24) is 9.78 Å². The molecule has 15 heavy (non-hydrogen) atoms. The first-order chi connectivity index (χ1) is 7.20. The first kappa shape index (κ1) is 13.2. The fraction of sp³-hybridized carbons (Fsp3) is 0.700. The summed E-state index contributed by atoms with van der Waals surface area (Å²) in [5, 5.41) is 5.20. The Hall–Kier alpha value is 0.140. The van der Waals surface area contributed by atoms with E-state index in [0.29, 0.717) is 0 Å². The number of hydrogen-bond acceptors (Lipinski definition) is 2. The number of hydrogen-bond donors (Lipinski definition) is 0. The van der Waals surface area contributed by atoms with Crippen molar-refractivity contribution in [3.05, 3.63) is 16.4 Å². The quantitative estimate of drug-likeness (QED) is 0.580. The van der Waals surface area contributed by atoms with Crippen LogP contribution >= 0.6 is 35.0 Å². The van der Waals surface area contributed by atoms with Gasteiger partial charge in [0.25, 0.3) is 0 Å². The van der Waals surface area contributed by atoms with Gasteiger partial charge in [-0.25, -0.2) is 0 Å². The van der Waals surface area contributed by atoms with Crippen LogP contribution in [0.4, 0.5) is 0 Å². The molecule has 1 heterocycles. The van der Waals surface area contributed by atoms with Gasteiger partial charge < -0.3 is 0 Å². The molecule has 0 N–H and O–H groups in total. The van der Waals surface area contributed by atoms with Crippen molar-refractivity contribution < 1.29 is 0 Å². The Bertz CT molecular complexity index is 313. The van der Waals surface area contributed by atoms with Crippen LogP contribution in [0.3, 0.4) is 0 Å². The van der Waals surface area contributed by atoms with E-state index < -0.39 is 0 Å². The van der Waals surface area contributed by atoms with Crippen LogP contribution < -0.4 is 0 Å². The van der Waals surface area contributed by atoms with Crippen LogP contribution in [0.1, 0.15) is 24.7 Å². The van der Waals surface area contributed by atoms with Crippen molar-refractivity contribution in [3.63, 3.8) is 0 Å². The fourth-order valence-corrected chi connectivity index (χ4v) is 3.05. The van der Waals surface area contributed by atoms with E-state index in [1.807, 2.05) is 23.5 Å². The molecule has 5 heteroatoms. The molecule has 1 aromatic rings. The maximum absolute atomic E-state index is 6.22. The largest absolute Gasteiger partial charge is 0.270 e. The number of aryl methyl sites for hydroxylation is 2. The van der Waals surface area contributed by atoms with Crippen LogP contribution in [0.2, 0.25) is 5.02 Å². The van der Waals surface area contributed by atoms with Gasteiger partial charge in [0.15, 0.2) is 0 Å². The molecule has 0 saturated heterocycles. The van der Waals surface area contributed by atoms with E-state index in [0.717, 1.165) is 46.6 Å². The van der Waals surface area contributed by atoms with E-state index in [4.69, 9.17) is 23.2 Å². The van der Waals surface area contributed by atoms with Gasteiger partial charge in [0.1, 0.15) is 0 Å². The van der Waals surface area contributed by atoms with Crippen molar-refractivity contribution in [2.45, 2.75) is 25.5 Å². The molecule has 0 aliphatic carbocycles. The molecule has 0 bridgehead atoms. The molecule has 0 atom stereocenters. The van der Waals surface area contributed by atoms with Gasteiger partial charge in [0.2, 0.25) is 0 Å². The predicted octanol–water partition coefficient (Wildman–Crippen LogP) is 3.50. The molecular weight excluding hydrogens is 251 g/mol. The Morgan fingerprint density at radius 2 is 2.20 bits per heavy atom. The molecule has 0 unspecified atom stereocenters. The minimum atomic E-state index is 0.729. The van der Waals surface area contributed by atoms with Crippen LogP contribution in [0.5, 0.6) is 0 Å². The number of thioether (sulfide) groups is 1. The third-order valence-electron chi connectivity index (χ3n) is 2.16. The van der Waals surface area contributed by atoms with Gasteiger partial charge >= 0.3 is 0 Å². The second-order valence-corrected chi connectivity index (χ2v) is 5.14. The maximum Gasteiger partial charge on any atom is 0.0858 e. The summed E-state index contributed by atoms with van der Waals surface area (Å²) in [6.45, 7) is 2.07. The van der Waals surface area contributed by atoms with Gasteiger partial charge in [0.05, 0.1) is 16.4 Å². The first-order valence-electron chi connectivity index (χ1n) is 5.04. The zero-order valence-electron chi connectivity index (χ0n) is 9.09. The SMILES string of the molecule is CCc1nn(C)c(CSCCCCl)c1Cl.